The molecule has 3 N–H and O–H groups in total. The zero-order chi connectivity index (χ0) is 32.2. The molecule has 244 valence electrons. The monoisotopic (exact) mass is 642 g/mol. The summed E-state index contributed by atoms with van der Waals surface area (Å²) in [6.45, 7) is 3.84. The molecular weight excluding hydrogens is 600 g/mol. The van der Waals surface area contributed by atoms with Crippen molar-refractivity contribution in [3.05, 3.63) is 65.7 Å². The van der Waals surface area contributed by atoms with Gasteiger partial charge in [0.15, 0.2) is 0 Å². The Labute approximate surface area is 264 Å². The number of nitrogens with one attached hydrogen (secondary N) is 3. The van der Waals surface area contributed by atoms with E-state index in [4.69, 9.17) is 9.47 Å². The van der Waals surface area contributed by atoms with Gasteiger partial charge in [0.2, 0.25) is 15.9 Å². The summed E-state index contributed by atoms with van der Waals surface area (Å²) in [4.78, 5) is 52.1. The van der Waals surface area contributed by atoms with Crippen molar-refractivity contribution in [1.29, 1.82) is 0 Å². The van der Waals surface area contributed by atoms with Crippen molar-refractivity contribution in [2.75, 3.05) is 26.2 Å². The van der Waals surface area contributed by atoms with E-state index in [0.29, 0.717) is 58.3 Å². The van der Waals surface area contributed by atoms with Gasteiger partial charge in [-0.25, -0.2) is 22.8 Å². The van der Waals surface area contributed by atoms with Gasteiger partial charge >= 0.3 is 18.0 Å². The Bertz CT molecular complexity index is 1400. The van der Waals surface area contributed by atoms with Crippen LogP contribution in [0.3, 0.4) is 0 Å². The second-order valence-corrected chi connectivity index (χ2v) is 13.2. The van der Waals surface area contributed by atoms with Crippen LogP contribution in [0.2, 0.25) is 0 Å². The minimum Gasteiger partial charge on any atom is -0.445 e. The second-order valence-electron chi connectivity index (χ2n) is 11.5. The van der Waals surface area contributed by atoms with Crippen LogP contribution in [-0.2, 0) is 40.5 Å². The molecule has 2 amide bonds. The lowest BCUT2D eigenvalue weighted by Gasteiger charge is -2.30. The zero-order valence-electron chi connectivity index (χ0n) is 25.5. The molecule has 45 heavy (non-hydrogen) atoms. The van der Waals surface area contributed by atoms with Crippen LogP contribution in [0.15, 0.2) is 59.5 Å². The number of rotatable bonds is 13. The molecule has 2 aliphatic rings. The van der Waals surface area contributed by atoms with Gasteiger partial charge in [0.05, 0.1) is 4.90 Å². The van der Waals surface area contributed by atoms with Crippen LogP contribution in [0.5, 0.6) is 0 Å². The van der Waals surface area contributed by atoms with Crippen LogP contribution < -0.4 is 15.4 Å². The lowest BCUT2D eigenvalue weighted by molar-refractivity contribution is -0.162. The molecule has 4 rings (SSSR count). The highest BCUT2D eigenvalue weighted by Crippen LogP contribution is 2.19. The third-order valence-corrected chi connectivity index (χ3v) is 9.49. The minimum absolute atomic E-state index is 0.00236. The Kier molecular flexibility index (Phi) is 12.5. The summed E-state index contributed by atoms with van der Waals surface area (Å²) in [5, 5.41) is 5.87. The number of ether oxygens (including phenoxy) is 2. The maximum absolute atomic E-state index is 13.0. The Morgan fingerprint density at radius 2 is 1.69 bits per heavy atom. The standard InChI is InChI=1S/C32H42N4O8S/c1-23-12-14-26(15-13-23)45(41,42)35-28(31(39)44-30(38)27-11-7-19-33-27)10-5-6-18-34-29(37)25-16-20-36(21-17-25)32(40)43-22-24-8-3-2-4-9-24/h2-4,8-9,12-15,25,27-28,33,35H,5-7,10-11,16-22H2,1H3,(H,34,37)/t27-,28-/m0/s1. The van der Waals surface area contributed by atoms with Crippen LogP contribution in [0, 0.1) is 12.8 Å². The molecule has 12 nitrogen and oxygen atoms in total. The molecule has 2 aliphatic heterocycles. The number of unbranched alkanes of at least 4 members (excludes halogenated alkanes) is 1. The first kappa shape index (κ1) is 34.1. The number of amides is 2. The van der Waals surface area contributed by atoms with Gasteiger partial charge < -0.3 is 25.0 Å². The molecule has 2 aromatic rings. The SMILES string of the molecule is Cc1ccc(S(=O)(=O)N[C@@H](CCCCNC(=O)C2CCN(C(=O)OCc3ccccc3)CC2)C(=O)OC(=O)[C@@H]2CCCN2)cc1. The van der Waals surface area contributed by atoms with Crippen LogP contribution in [0.25, 0.3) is 0 Å². The fraction of sp³-hybridized carbons (Fsp3) is 0.500. The Balaban J connectivity index is 1.21. The molecule has 0 unspecified atom stereocenters. The Morgan fingerprint density at radius 3 is 2.36 bits per heavy atom. The zero-order valence-corrected chi connectivity index (χ0v) is 26.4. The van der Waals surface area contributed by atoms with Crippen molar-refractivity contribution >= 4 is 34.0 Å². The largest absolute Gasteiger partial charge is 0.445 e. The number of aryl methyl sites for hydroxylation is 1. The van der Waals surface area contributed by atoms with Crippen LogP contribution in [0.4, 0.5) is 4.79 Å². The van der Waals surface area contributed by atoms with Gasteiger partial charge in [0.1, 0.15) is 18.7 Å². The predicted molar refractivity (Wildman–Crippen MR) is 165 cm³/mol. The first-order valence-corrected chi connectivity index (χ1v) is 16.9. The average molecular weight is 643 g/mol. The number of hydrogen-bond acceptors (Lipinski definition) is 9. The molecule has 2 saturated heterocycles. The Hall–Kier alpha value is -3.81. The number of benzene rings is 2. The molecule has 2 aromatic carbocycles. The van der Waals surface area contributed by atoms with E-state index in [-0.39, 0.29) is 29.7 Å². The normalized spacial score (nSPS) is 17.8. The summed E-state index contributed by atoms with van der Waals surface area (Å²) in [6, 6.07) is 13.8. The highest BCUT2D eigenvalue weighted by molar-refractivity contribution is 7.89. The highest BCUT2D eigenvalue weighted by Gasteiger charge is 2.32. The second kappa shape index (κ2) is 16.5. The number of likely N-dealkylation sites (tertiary alicyclic amines) is 1. The van der Waals surface area contributed by atoms with Gasteiger partial charge in [-0.2, -0.15) is 4.72 Å². The number of carbonyl (C=O) groups is 4. The maximum atomic E-state index is 13.0. The van der Waals surface area contributed by atoms with Crippen LogP contribution >= 0.6 is 0 Å². The molecule has 0 bridgehead atoms. The summed E-state index contributed by atoms with van der Waals surface area (Å²) in [5.74, 6) is -2.03. The summed E-state index contributed by atoms with van der Waals surface area (Å²) in [6.07, 6.45) is 2.91. The van der Waals surface area contributed by atoms with E-state index in [1.54, 1.807) is 17.0 Å². The van der Waals surface area contributed by atoms with Crippen molar-refractivity contribution < 1.29 is 37.1 Å². The number of hydrogen-bond donors (Lipinski definition) is 3. The molecule has 13 heteroatoms. The lowest BCUT2D eigenvalue weighted by Crippen LogP contribution is -2.44. The first-order chi connectivity index (χ1) is 21.6. The number of carbonyl (C=O) groups excluding carboxylic acids is 4. The van der Waals surface area contributed by atoms with Crippen molar-refractivity contribution in [2.24, 2.45) is 5.92 Å². The minimum atomic E-state index is -4.06. The number of esters is 2. The summed E-state index contributed by atoms with van der Waals surface area (Å²) >= 11 is 0. The van der Waals surface area contributed by atoms with E-state index in [1.807, 2.05) is 37.3 Å². The molecule has 0 saturated carbocycles. The lowest BCUT2D eigenvalue weighted by atomic mass is 9.96. The van der Waals surface area contributed by atoms with Gasteiger partial charge in [0.25, 0.3) is 0 Å². The topological polar surface area (TPSA) is 160 Å². The van der Waals surface area contributed by atoms with Crippen molar-refractivity contribution in [3.8, 4) is 0 Å². The molecule has 0 radical (unpaired) electrons. The number of piperidine rings is 1. The van der Waals surface area contributed by atoms with E-state index in [1.165, 1.54) is 12.1 Å². The average Bonchev–Trinajstić information content (AvgIpc) is 3.59. The molecule has 0 aromatic heterocycles. The Morgan fingerprint density at radius 1 is 0.978 bits per heavy atom. The van der Waals surface area contributed by atoms with E-state index >= 15 is 0 Å². The third-order valence-electron chi connectivity index (χ3n) is 8.01. The summed E-state index contributed by atoms with van der Waals surface area (Å²) in [5.41, 5.74) is 1.79. The molecule has 0 spiro atoms. The smallest absolute Gasteiger partial charge is 0.410 e. The third kappa shape index (κ3) is 10.4. The number of sulfonamides is 1. The van der Waals surface area contributed by atoms with Crippen molar-refractivity contribution in [1.82, 2.24) is 20.3 Å². The number of nitrogens with zero attached hydrogens (tertiary/aromatic N) is 1. The van der Waals surface area contributed by atoms with Gasteiger partial charge in [-0.15, -0.1) is 0 Å². The van der Waals surface area contributed by atoms with E-state index in [9.17, 15) is 27.6 Å². The first-order valence-electron chi connectivity index (χ1n) is 15.4. The molecular formula is C32H42N4O8S. The van der Waals surface area contributed by atoms with E-state index in [0.717, 1.165) is 17.5 Å². The maximum Gasteiger partial charge on any atom is 0.410 e. The van der Waals surface area contributed by atoms with Crippen LogP contribution in [-0.4, -0.2) is 75.5 Å². The van der Waals surface area contributed by atoms with E-state index < -0.39 is 40.1 Å². The summed E-state index contributed by atoms with van der Waals surface area (Å²) < 4.78 is 38.9. The van der Waals surface area contributed by atoms with Crippen molar-refractivity contribution in [3.63, 3.8) is 0 Å². The van der Waals surface area contributed by atoms with Crippen LogP contribution in [0.1, 0.15) is 56.1 Å². The summed E-state index contributed by atoms with van der Waals surface area (Å²) in [7, 11) is -4.06. The fourth-order valence-corrected chi connectivity index (χ4v) is 6.51. The predicted octanol–water partition coefficient (Wildman–Crippen LogP) is 2.80. The molecule has 2 fully saturated rings. The van der Waals surface area contributed by atoms with Crippen molar-refractivity contribution in [2.45, 2.75) is 75.5 Å². The molecule has 0 aliphatic carbocycles. The quantitative estimate of drug-likeness (QED) is 0.170. The van der Waals surface area contributed by atoms with Gasteiger partial charge in [-0.1, -0.05) is 48.0 Å². The van der Waals surface area contributed by atoms with Gasteiger partial charge in [-0.3, -0.25) is 4.79 Å². The van der Waals surface area contributed by atoms with Gasteiger partial charge in [0, 0.05) is 25.6 Å². The highest BCUT2D eigenvalue weighted by atomic mass is 32.2. The van der Waals surface area contributed by atoms with Gasteiger partial charge in [-0.05, 0) is 76.1 Å². The molecule has 2 heterocycles. The molecule has 2 atom stereocenters. The fourth-order valence-electron chi connectivity index (χ4n) is 5.29. The van der Waals surface area contributed by atoms with E-state index in [2.05, 4.69) is 15.4 Å².